The number of anilines is 1. The van der Waals surface area contributed by atoms with Gasteiger partial charge in [-0.3, -0.25) is 0 Å². The molecule has 0 unspecified atom stereocenters. The van der Waals surface area contributed by atoms with Gasteiger partial charge in [-0.15, -0.1) is 0 Å². The molecular formula is C16H16IN3. The second kappa shape index (κ2) is 4.69. The summed E-state index contributed by atoms with van der Waals surface area (Å²) >= 11 is 2.27. The highest BCUT2D eigenvalue weighted by Crippen LogP contribution is 2.43. The van der Waals surface area contributed by atoms with Crippen LogP contribution >= 0.6 is 22.6 Å². The molecule has 2 fully saturated rings. The second-order valence-electron chi connectivity index (χ2n) is 5.81. The van der Waals surface area contributed by atoms with Crippen LogP contribution in [-0.4, -0.2) is 9.97 Å². The first kappa shape index (κ1) is 12.6. The Morgan fingerprint density at radius 3 is 2.50 bits per heavy atom. The van der Waals surface area contributed by atoms with Crippen LogP contribution in [0.3, 0.4) is 0 Å². The molecule has 1 heterocycles. The fourth-order valence-corrected chi connectivity index (χ4v) is 3.27. The van der Waals surface area contributed by atoms with E-state index >= 15 is 0 Å². The van der Waals surface area contributed by atoms with E-state index in [0.29, 0.717) is 11.7 Å². The van der Waals surface area contributed by atoms with Crippen LogP contribution in [0.4, 0.5) is 5.82 Å². The molecule has 2 aromatic rings. The van der Waals surface area contributed by atoms with E-state index in [0.717, 1.165) is 26.6 Å². The van der Waals surface area contributed by atoms with Crippen molar-refractivity contribution in [2.45, 2.75) is 37.5 Å². The predicted molar refractivity (Wildman–Crippen MR) is 88.5 cm³/mol. The number of nitrogens with two attached hydrogens (primary N) is 1. The maximum absolute atomic E-state index is 6.08. The molecule has 4 rings (SSSR count). The Morgan fingerprint density at radius 2 is 1.80 bits per heavy atom. The molecule has 1 aromatic carbocycles. The molecule has 0 spiro atoms. The van der Waals surface area contributed by atoms with Crippen molar-refractivity contribution in [1.82, 2.24) is 9.97 Å². The van der Waals surface area contributed by atoms with E-state index < -0.39 is 0 Å². The van der Waals surface area contributed by atoms with Crippen LogP contribution in [-0.2, 0) is 0 Å². The zero-order chi connectivity index (χ0) is 13.7. The number of rotatable bonds is 3. The standard InChI is InChI=1S/C16H16IN3/c17-13-14(10-6-7-10)19-16(20-15(13)18)12-3-1-2-11(8-12)9-4-5-9/h1-3,8-10H,4-7H2,(H2,18,19,20). The Hall–Kier alpha value is -1.17. The maximum Gasteiger partial charge on any atom is 0.161 e. The van der Waals surface area contributed by atoms with Crippen LogP contribution in [0.25, 0.3) is 11.4 Å². The summed E-state index contributed by atoms with van der Waals surface area (Å²) in [5, 5.41) is 0. The molecule has 102 valence electrons. The first-order valence-corrected chi connectivity index (χ1v) is 8.23. The zero-order valence-electron chi connectivity index (χ0n) is 11.1. The Labute approximate surface area is 132 Å². The van der Waals surface area contributed by atoms with Gasteiger partial charge in [0.25, 0.3) is 0 Å². The fraction of sp³-hybridized carbons (Fsp3) is 0.375. The number of benzene rings is 1. The van der Waals surface area contributed by atoms with Gasteiger partial charge in [0.05, 0.1) is 9.26 Å². The first-order valence-electron chi connectivity index (χ1n) is 7.15. The SMILES string of the molecule is Nc1nc(-c2cccc(C3CC3)c2)nc(C2CC2)c1I. The third-order valence-electron chi connectivity index (χ3n) is 4.06. The largest absolute Gasteiger partial charge is 0.383 e. The maximum atomic E-state index is 6.08. The summed E-state index contributed by atoms with van der Waals surface area (Å²) < 4.78 is 1.03. The number of halogens is 1. The van der Waals surface area contributed by atoms with Crippen molar-refractivity contribution >= 4 is 28.4 Å². The Kier molecular flexibility index (Phi) is 2.94. The van der Waals surface area contributed by atoms with Crippen molar-refractivity contribution in [2.75, 3.05) is 5.73 Å². The minimum absolute atomic E-state index is 0.595. The lowest BCUT2D eigenvalue weighted by Gasteiger charge is -2.09. The highest BCUT2D eigenvalue weighted by atomic mass is 127. The quantitative estimate of drug-likeness (QED) is 0.820. The molecular weight excluding hydrogens is 361 g/mol. The highest BCUT2D eigenvalue weighted by Gasteiger charge is 2.29. The molecule has 0 atom stereocenters. The van der Waals surface area contributed by atoms with Crippen molar-refractivity contribution in [3.63, 3.8) is 0 Å². The van der Waals surface area contributed by atoms with Gasteiger partial charge in [0.2, 0.25) is 0 Å². The summed E-state index contributed by atoms with van der Waals surface area (Å²) in [6.45, 7) is 0. The van der Waals surface area contributed by atoms with E-state index in [1.54, 1.807) is 0 Å². The van der Waals surface area contributed by atoms with Crippen LogP contribution in [0, 0.1) is 3.57 Å². The van der Waals surface area contributed by atoms with E-state index in [1.807, 2.05) is 0 Å². The summed E-state index contributed by atoms with van der Waals surface area (Å²) in [4.78, 5) is 9.28. The van der Waals surface area contributed by atoms with Crippen LogP contribution in [0.1, 0.15) is 48.8 Å². The average Bonchev–Trinajstić information content (AvgIpc) is 3.33. The topological polar surface area (TPSA) is 51.8 Å². The lowest BCUT2D eigenvalue weighted by Crippen LogP contribution is -2.04. The lowest BCUT2D eigenvalue weighted by molar-refractivity contribution is 0.982. The van der Waals surface area contributed by atoms with Gasteiger partial charge >= 0.3 is 0 Å². The van der Waals surface area contributed by atoms with Gasteiger partial charge in [0.15, 0.2) is 5.82 Å². The molecule has 0 radical (unpaired) electrons. The Balaban J connectivity index is 1.79. The van der Waals surface area contributed by atoms with E-state index in [9.17, 15) is 0 Å². The van der Waals surface area contributed by atoms with Gasteiger partial charge in [-0.1, -0.05) is 18.2 Å². The van der Waals surface area contributed by atoms with Crippen LogP contribution in [0.5, 0.6) is 0 Å². The van der Waals surface area contributed by atoms with Gasteiger partial charge in [-0.25, -0.2) is 9.97 Å². The van der Waals surface area contributed by atoms with Crippen LogP contribution < -0.4 is 5.73 Å². The van der Waals surface area contributed by atoms with Crippen molar-refractivity contribution in [3.8, 4) is 11.4 Å². The molecule has 20 heavy (non-hydrogen) atoms. The molecule has 4 heteroatoms. The molecule has 2 N–H and O–H groups in total. The Bertz CT molecular complexity index is 675. The lowest BCUT2D eigenvalue weighted by atomic mass is 10.1. The van der Waals surface area contributed by atoms with Crippen molar-refractivity contribution < 1.29 is 0 Å². The van der Waals surface area contributed by atoms with E-state index in [2.05, 4.69) is 51.8 Å². The third kappa shape index (κ3) is 2.30. The normalized spacial score (nSPS) is 18.2. The molecule has 2 saturated carbocycles. The fourth-order valence-electron chi connectivity index (χ4n) is 2.59. The molecule has 3 nitrogen and oxygen atoms in total. The number of hydrogen-bond acceptors (Lipinski definition) is 3. The number of hydrogen-bond donors (Lipinski definition) is 1. The molecule has 0 amide bonds. The van der Waals surface area contributed by atoms with E-state index in [-0.39, 0.29) is 0 Å². The van der Waals surface area contributed by atoms with Gasteiger partial charge in [-0.2, -0.15) is 0 Å². The van der Waals surface area contributed by atoms with Crippen molar-refractivity contribution in [3.05, 3.63) is 39.1 Å². The summed E-state index contributed by atoms with van der Waals surface area (Å²) in [6, 6.07) is 8.64. The molecule has 2 aliphatic carbocycles. The summed E-state index contributed by atoms with van der Waals surface area (Å²) in [5.41, 5.74) is 9.73. The summed E-state index contributed by atoms with van der Waals surface area (Å²) in [7, 11) is 0. The summed E-state index contributed by atoms with van der Waals surface area (Å²) in [6.07, 6.45) is 5.08. The van der Waals surface area contributed by atoms with Gasteiger partial charge in [0.1, 0.15) is 5.82 Å². The summed E-state index contributed by atoms with van der Waals surface area (Å²) in [5.74, 6) is 2.75. The molecule has 0 aliphatic heterocycles. The molecule has 0 bridgehead atoms. The average molecular weight is 377 g/mol. The van der Waals surface area contributed by atoms with E-state index in [1.165, 1.54) is 31.2 Å². The smallest absolute Gasteiger partial charge is 0.161 e. The Morgan fingerprint density at radius 1 is 1.05 bits per heavy atom. The molecule has 2 aliphatic rings. The molecule has 0 saturated heterocycles. The van der Waals surface area contributed by atoms with Gasteiger partial charge < -0.3 is 5.73 Å². The monoisotopic (exact) mass is 377 g/mol. The van der Waals surface area contributed by atoms with Crippen molar-refractivity contribution in [2.24, 2.45) is 0 Å². The highest BCUT2D eigenvalue weighted by molar-refractivity contribution is 14.1. The predicted octanol–water partition coefficient (Wildman–Crippen LogP) is 4.09. The van der Waals surface area contributed by atoms with E-state index in [4.69, 9.17) is 10.7 Å². The second-order valence-corrected chi connectivity index (χ2v) is 6.88. The zero-order valence-corrected chi connectivity index (χ0v) is 13.3. The van der Waals surface area contributed by atoms with Gasteiger partial charge in [0, 0.05) is 11.5 Å². The van der Waals surface area contributed by atoms with Crippen LogP contribution in [0.2, 0.25) is 0 Å². The van der Waals surface area contributed by atoms with Crippen LogP contribution in [0.15, 0.2) is 24.3 Å². The minimum atomic E-state index is 0.595. The number of nitrogens with zero attached hydrogens (tertiary/aromatic N) is 2. The first-order chi connectivity index (χ1) is 9.72. The van der Waals surface area contributed by atoms with Gasteiger partial charge in [-0.05, 0) is 65.8 Å². The number of aromatic nitrogens is 2. The third-order valence-corrected chi connectivity index (χ3v) is 5.17. The number of nitrogen functional groups attached to an aromatic ring is 1. The molecule has 1 aromatic heterocycles. The van der Waals surface area contributed by atoms with Crippen molar-refractivity contribution in [1.29, 1.82) is 0 Å². The minimum Gasteiger partial charge on any atom is -0.383 e.